The molecule has 0 heterocycles. The van der Waals surface area contributed by atoms with Gasteiger partial charge in [-0.15, -0.1) is 79.8 Å². The number of hydrogen-bond acceptors (Lipinski definition) is 0. The number of fused-ring (bicyclic) bond motifs is 3. The first-order valence-electron chi connectivity index (χ1n) is 12.7. The molecule has 5 heteroatoms. The Hall–Kier alpha value is -2.97. The van der Waals surface area contributed by atoms with Gasteiger partial charge in [0.15, 0.2) is 0 Å². The Morgan fingerprint density at radius 1 is 0.810 bits per heavy atom. The van der Waals surface area contributed by atoms with Crippen molar-refractivity contribution in [3.63, 3.8) is 0 Å². The standard InChI is InChI=1S/C17H13.C7H9.2C6H4F.CH2.2ClH.Zr/c1-3-12-5-7-14-11-15-8-6-13(4-2)10-17(15)16(14)9-12;1-6-3-4-7(2)5-6;2*7-6-4-2-1-3-5-6;;;;/h3-7,9-10H,1-2,11H2;3,5,7H,1-2H3;2*2-5H;1H2;2*1H;/q4*-1;;;;. The van der Waals surface area contributed by atoms with Gasteiger partial charge in [0.05, 0.1) is 0 Å². The summed E-state index contributed by atoms with van der Waals surface area (Å²) in [4.78, 5) is 0. The molecule has 4 aromatic carbocycles. The SMILES string of the molecule is C=Cc1c[c-]c2c(c1)-c1cc(C=C)ccc1C2.CC1=CC(C)[C-]=C1.Cl.Cl.Fc1cc[c-]cc1.Fc1cc[c-]cc1.[CH2]=[Zr]. The second-order valence-corrected chi connectivity index (χ2v) is 8.77. The summed E-state index contributed by atoms with van der Waals surface area (Å²) in [5, 5.41) is 0. The quantitative estimate of drug-likeness (QED) is 0.163. The van der Waals surface area contributed by atoms with Crippen LogP contribution in [0.2, 0.25) is 0 Å². The van der Waals surface area contributed by atoms with E-state index in [0.29, 0.717) is 5.92 Å². The minimum atomic E-state index is -0.209. The second-order valence-electron chi connectivity index (χ2n) is 8.77. The fourth-order valence-electron chi connectivity index (χ4n) is 3.85. The van der Waals surface area contributed by atoms with Crippen molar-refractivity contribution in [2.24, 2.45) is 5.92 Å². The minimum absolute atomic E-state index is 0. The average Bonchev–Trinajstić information content (AvgIpc) is 3.56. The van der Waals surface area contributed by atoms with E-state index >= 15 is 0 Å². The number of allylic oxidation sites excluding steroid dienone is 4. The third kappa shape index (κ3) is 13.3. The van der Waals surface area contributed by atoms with Crippen molar-refractivity contribution in [1.29, 1.82) is 0 Å². The van der Waals surface area contributed by atoms with Crippen LogP contribution in [0.25, 0.3) is 23.3 Å². The first-order valence-corrected chi connectivity index (χ1v) is 14.4. The van der Waals surface area contributed by atoms with Gasteiger partial charge in [-0.25, -0.2) is 20.4 Å². The maximum absolute atomic E-state index is 11.9. The van der Waals surface area contributed by atoms with Crippen LogP contribution in [0, 0.1) is 41.8 Å². The van der Waals surface area contributed by atoms with Crippen LogP contribution in [0.4, 0.5) is 8.78 Å². The first-order chi connectivity index (χ1) is 19.4. The van der Waals surface area contributed by atoms with Gasteiger partial charge in [-0.3, -0.25) is 6.08 Å². The van der Waals surface area contributed by atoms with E-state index < -0.39 is 0 Å². The Bertz CT molecular complexity index is 1340. The molecule has 218 valence electrons. The van der Waals surface area contributed by atoms with Crippen molar-refractivity contribution in [1.82, 2.24) is 0 Å². The molecule has 0 N–H and O–H groups in total. The second kappa shape index (κ2) is 21.7. The molecule has 4 aromatic rings. The van der Waals surface area contributed by atoms with Crippen molar-refractivity contribution in [3.05, 3.63) is 168 Å². The summed E-state index contributed by atoms with van der Waals surface area (Å²) in [6.45, 7) is 11.9. The van der Waals surface area contributed by atoms with Gasteiger partial charge >= 0.3 is 28.4 Å². The molecule has 0 aromatic heterocycles. The van der Waals surface area contributed by atoms with E-state index in [2.05, 4.69) is 85.8 Å². The van der Waals surface area contributed by atoms with Crippen molar-refractivity contribution in [2.45, 2.75) is 20.3 Å². The summed E-state index contributed by atoms with van der Waals surface area (Å²) >= 11 is 1.30. The molecular formula is C37H34Cl2F2Zr-4. The molecule has 0 spiro atoms. The molecule has 0 amide bonds. The number of halogens is 4. The Morgan fingerprint density at radius 3 is 1.71 bits per heavy atom. The zero-order valence-corrected chi connectivity index (χ0v) is 27.9. The summed E-state index contributed by atoms with van der Waals surface area (Å²) in [6, 6.07) is 31.0. The molecule has 6 rings (SSSR count). The summed E-state index contributed by atoms with van der Waals surface area (Å²) in [7, 11) is 0. The Labute approximate surface area is 277 Å². The van der Waals surface area contributed by atoms with Gasteiger partial charge in [0.25, 0.3) is 0 Å². The molecule has 2 aliphatic carbocycles. The third-order valence-electron chi connectivity index (χ3n) is 5.75. The van der Waals surface area contributed by atoms with Gasteiger partial charge in [0.1, 0.15) is 0 Å². The van der Waals surface area contributed by atoms with Crippen molar-refractivity contribution >= 4 is 41.2 Å². The van der Waals surface area contributed by atoms with Gasteiger partial charge in [-0.1, -0.05) is 54.8 Å². The van der Waals surface area contributed by atoms with Crippen LogP contribution in [-0.4, -0.2) is 4.21 Å². The molecule has 0 saturated heterocycles. The van der Waals surface area contributed by atoms with Crippen LogP contribution in [-0.2, 0) is 30.7 Å². The van der Waals surface area contributed by atoms with E-state index in [0.717, 1.165) is 12.0 Å². The van der Waals surface area contributed by atoms with E-state index in [1.807, 2.05) is 24.3 Å². The van der Waals surface area contributed by atoms with Crippen LogP contribution in [0.5, 0.6) is 0 Å². The predicted octanol–water partition coefficient (Wildman–Crippen LogP) is 10.3. The van der Waals surface area contributed by atoms with E-state index in [9.17, 15) is 8.78 Å². The topological polar surface area (TPSA) is 0 Å². The molecular weight excluding hydrogens is 645 g/mol. The fourth-order valence-corrected chi connectivity index (χ4v) is 3.85. The van der Waals surface area contributed by atoms with Crippen molar-refractivity contribution in [2.75, 3.05) is 0 Å². The summed E-state index contributed by atoms with van der Waals surface area (Å²) in [5.41, 5.74) is 8.90. The number of hydrogen-bond donors (Lipinski definition) is 0. The molecule has 1 unspecified atom stereocenters. The van der Waals surface area contributed by atoms with Crippen molar-refractivity contribution < 1.29 is 33.0 Å². The Kier molecular flexibility index (Phi) is 20.2. The Balaban J connectivity index is 0.000000568. The monoisotopic (exact) mass is 676 g/mol. The van der Waals surface area contributed by atoms with Gasteiger partial charge in [0.2, 0.25) is 0 Å². The molecule has 0 nitrogen and oxygen atoms in total. The summed E-state index contributed by atoms with van der Waals surface area (Å²) < 4.78 is 27.1. The summed E-state index contributed by atoms with van der Waals surface area (Å²) in [5.74, 6) is 0.137. The molecule has 0 bridgehead atoms. The van der Waals surface area contributed by atoms with E-state index in [1.165, 1.54) is 106 Å². The van der Waals surface area contributed by atoms with Gasteiger partial charge < -0.3 is 0 Å². The molecule has 0 radical (unpaired) electrons. The van der Waals surface area contributed by atoms with Crippen LogP contribution < -0.4 is 0 Å². The number of rotatable bonds is 2. The maximum atomic E-state index is 11.9. The normalized spacial score (nSPS) is 12.5. The zero-order chi connectivity index (χ0) is 29.3. The zero-order valence-electron chi connectivity index (χ0n) is 23.8. The third-order valence-corrected chi connectivity index (χ3v) is 5.75. The van der Waals surface area contributed by atoms with E-state index in [-0.39, 0.29) is 36.4 Å². The molecule has 42 heavy (non-hydrogen) atoms. The van der Waals surface area contributed by atoms with Crippen LogP contribution >= 0.6 is 24.8 Å². The molecule has 0 aliphatic heterocycles. The van der Waals surface area contributed by atoms with E-state index in [4.69, 9.17) is 0 Å². The van der Waals surface area contributed by atoms with Gasteiger partial charge in [-0.05, 0) is 12.0 Å². The van der Waals surface area contributed by atoms with Crippen LogP contribution in [0.1, 0.15) is 36.1 Å². The summed E-state index contributed by atoms with van der Waals surface area (Å²) in [6.07, 6.45) is 12.1. The van der Waals surface area contributed by atoms with Crippen LogP contribution in [0.15, 0.2) is 110 Å². The van der Waals surface area contributed by atoms with Crippen LogP contribution in [0.3, 0.4) is 0 Å². The van der Waals surface area contributed by atoms with Gasteiger partial charge in [-0.2, -0.15) is 66.2 Å². The molecule has 2 aliphatic rings. The average molecular weight is 679 g/mol. The van der Waals surface area contributed by atoms with Crippen molar-refractivity contribution in [3.8, 4) is 11.1 Å². The first kappa shape index (κ1) is 39.0. The van der Waals surface area contributed by atoms with E-state index in [1.54, 1.807) is 0 Å². The molecule has 0 fully saturated rings. The number of benzene rings is 4. The Morgan fingerprint density at radius 2 is 1.33 bits per heavy atom. The molecule has 0 saturated carbocycles. The predicted molar refractivity (Wildman–Crippen MR) is 177 cm³/mol. The molecule has 1 atom stereocenters. The fraction of sp³-hybridized carbons (Fsp3) is 0.108. The van der Waals surface area contributed by atoms with Gasteiger partial charge in [0, 0.05) is 11.6 Å².